The first-order chi connectivity index (χ1) is 12.8. The van der Waals surface area contributed by atoms with Crippen molar-refractivity contribution >= 4 is 29.2 Å². The smallest absolute Gasteiger partial charge is 0.310 e. The molecule has 0 aromatic heterocycles. The summed E-state index contributed by atoms with van der Waals surface area (Å²) in [6.07, 6.45) is 0.796. The van der Waals surface area contributed by atoms with Crippen molar-refractivity contribution in [1.29, 1.82) is 0 Å². The Morgan fingerprint density at radius 1 is 1.15 bits per heavy atom. The van der Waals surface area contributed by atoms with Crippen molar-refractivity contribution in [3.8, 4) is 0 Å². The van der Waals surface area contributed by atoms with E-state index in [2.05, 4.69) is 0 Å². The van der Waals surface area contributed by atoms with E-state index in [9.17, 15) is 24.5 Å². The quantitative estimate of drug-likeness (QED) is 0.299. The third kappa shape index (κ3) is 4.58. The van der Waals surface area contributed by atoms with E-state index in [0.717, 1.165) is 4.90 Å². The van der Waals surface area contributed by atoms with Gasteiger partial charge in [0.25, 0.3) is 17.5 Å². The standard InChI is InChI=1S/C19H22N2O6/c1-4-27-17(22)11-16-15(10-5-12(2)3)18(23)20(19(16)24)13-6-8-14(9-7-13)21(25)26/h6-9,12H,4-5,10-11H2,1-3H3. The van der Waals surface area contributed by atoms with Crippen molar-refractivity contribution in [3.63, 3.8) is 0 Å². The van der Waals surface area contributed by atoms with E-state index in [1.807, 2.05) is 13.8 Å². The van der Waals surface area contributed by atoms with Crippen LogP contribution in [0.5, 0.6) is 0 Å². The molecule has 0 unspecified atom stereocenters. The van der Waals surface area contributed by atoms with Crippen molar-refractivity contribution in [1.82, 2.24) is 0 Å². The van der Waals surface area contributed by atoms with Gasteiger partial charge in [-0.25, -0.2) is 4.90 Å². The molecule has 0 fully saturated rings. The average molecular weight is 374 g/mol. The molecular weight excluding hydrogens is 352 g/mol. The molecule has 0 saturated carbocycles. The first-order valence-electron chi connectivity index (χ1n) is 8.77. The van der Waals surface area contributed by atoms with Crippen molar-refractivity contribution < 1.29 is 24.0 Å². The fraction of sp³-hybridized carbons (Fsp3) is 0.421. The number of hydrogen-bond acceptors (Lipinski definition) is 6. The van der Waals surface area contributed by atoms with E-state index in [1.165, 1.54) is 24.3 Å². The van der Waals surface area contributed by atoms with Crippen LogP contribution in [0.3, 0.4) is 0 Å². The summed E-state index contributed by atoms with van der Waals surface area (Å²) in [4.78, 5) is 48.8. The van der Waals surface area contributed by atoms with Crippen LogP contribution in [0.25, 0.3) is 0 Å². The van der Waals surface area contributed by atoms with Gasteiger partial charge < -0.3 is 4.74 Å². The summed E-state index contributed by atoms with van der Waals surface area (Å²) < 4.78 is 4.91. The number of benzene rings is 1. The third-order valence-electron chi connectivity index (χ3n) is 4.20. The number of ether oxygens (including phenoxy) is 1. The Balaban J connectivity index is 2.34. The molecule has 0 bridgehead atoms. The van der Waals surface area contributed by atoms with Crippen LogP contribution in [0.15, 0.2) is 35.4 Å². The number of carbonyl (C=O) groups excluding carboxylic acids is 3. The molecule has 1 aromatic rings. The lowest BCUT2D eigenvalue weighted by Crippen LogP contribution is -2.32. The molecule has 2 amide bonds. The summed E-state index contributed by atoms with van der Waals surface area (Å²) in [5.74, 6) is -1.33. The number of nitro groups is 1. The number of esters is 1. The summed E-state index contributed by atoms with van der Waals surface area (Å²) in [7, 11) is 0. The molecule has 0 spiro atoms. The number of rotatable bonds is 8. The molecule has 0 atom stereocenters. The van der Waals surface area contributed by atoms with E-state index >= 15 is 0 Å². The van der Waals surface area contributed by atoms with Gasteiger partial charge in [-0.15, -0.1) is 0 Å². The first kappa shape index (κ1) is 20.3. The predicted molar refractivity (Wildman–Crippen MR) is 97.9 cm³/mol. The molecule has 1 aliphatic rings. The molecule has 1 aliphatic heterocycles. The minimum Gasteiger partial charge on any atom is -0.466 e. The second-order valence-electron chi connectivity index (χ2n) is 6.59. The highest BCUT2D eigenvalue weighted by Crippen LogP contribution is 2.32. The molecule has 27 heavy (non-hydrogen) atoms. The molecule has 1 aromatic carbocycles. The third-order valence-corrected chi connectivity index (χ3v) is 4.20. The SMILES string of the molecule is CCOC(=O)CC1=C(CCC(C)C)C(=O)N(c2ccc([N+](=O)[O-])cc2)C1=O. The normalized spacial score (nSPS) is 14.3. The lowest BCUT2D eigenvalue weighted by Gasteiger charge is -2.15. The Hall–Kier alpha value is -3.03. The number of non-ortho nitro benzene ring substituents is 1. The Bertz CT molecular complexity index is 795. The Morgan fingerprint density at radius 3 is 2.26 bits per heavy atom. The summed E-state index contributed by atoms with van der Waals surface area (Å²) in [5.41, 5.74) is 0.534. The topological polar surface area (TPSA) is 107 Å². The average Bonchev–Trinajstić information content (AvgIpc) is 2.83. The van der Waals surface area contributed by atoms with Crippen LogP contribution in [0.2, 0.25) is 0 Å². The van der Waals surface area contributed by atoms with Crippen LogP contribution >= 0.6 is 0 Å². The fourth-order valence-corrected chi connectivity index (χ4v) is 2.81. The maximum Gasteiger partial charge on any atom is 0.310 e. The largest absolute Gasteiger partial charge is 0.466 e. The molecule has 2 rings (SSSR count). The fourth-order valence-electron chi connectivity index (χ4n) is 2.81. The lowest BCUT2D eigenvalue weighted by molar-refractivity contribution is -0.384. The zero-order valence-electron chi connectivity index (χ0n) is 15.6. The molecule has 1 heterocycles. The monoisotopic (exact) mass is 374 g/mol. The van der Waals surface area contributed by atoms with Gasteiger partial charge in [0.2, 0.25) is 0 Å². The zero-order valence-corrected chi connectivity index (χ0v) is 15.6. The van der Waals surface area contributed by atoms with Gasteiger partial charge in [-0.3, -0.25) is 24.5 Å². The molecule has 0 radical (unpaired) electrons. The van der Waals surface area contributed by atoms with Gasteiger partial charge in [0.15, 0.2) is 0 Å². The molecular formula is C19H22N2O6. The van der Waals surface area contributed by atoms with E-state index in [0.29, 0.717) is 24.3 Å². The van der Waals surface area contributed by atoms with Gasteiger partial charge in [-0.1, -0.05) is 13.8 Å². The maximum absolute atomic E-state index is 12.9. The number of imide groups is 1. The van der Waals surface area contributed by atoms with Crippen LogP contribution < -0.4 is 4.90 Å². The highest BCUT2D eigenvalue weighted by Gasteiger charge is 2.39. The summed E-state index contributed by atoms with van der Waals surface area (Å²) in [6, 6.07) is 5.16. The summed E-state index contributed by atoms with van der Waals surface area (Å²) in [6.45, 7) is 5.85. The number of hydrogen-bond donors (Lipinski definition) is 0. The Kier molecular flexibility index (Phi) is 6.44. The van der Waals surface area contributed by atoms with E-state index in [1.54, 1.807) is 6.92 Å². The summed E-state index contributed by atoms with van der Waals surface area (Å²) in [5, 5.41) is 10.8. The Morgan fingerprint density at radius 2 is 1.74 bits per heavy atom. The number of anilines is 1. The van der Waals surface area contributed by atoms with Crippen LogP contribution in [0, 0.1) is 16.0 Å². The van der Waals surface area contributed by atoms with Crippen molar-refractivity contribution in [2.24, 2.45) is 5.92 Å². The molecule has 0 aliphatic carbocycles. The van der Waals surface area contributed by atoms with Gasteiger partial charge in [0, 0.05) is 23.3 Å². The van der Waals surface area contributed by atoms with Gasteiger partial charge in [-0.2, -0.15) is 0 Å². The second kappa shape index (κ2) is 8.57. The molecule has 0 N–H and O–H groups in total. The number of nitrogens with zero attached hydrogens (tertiary/aromatic N) is 2. The van der Waals surface area contributed by atoms with Crippen LogP contribution in [-0.2, 0) is 19.1 Å². The molecule has 8 heteroatoms. The van der Waals surface area contributed by atoms with Gasteiger partial charge >= 0.3 is 5.97 Å². The van der Waals surface area contributed by atoms with Crippen molar-refractivity contribution in [3.05, 3.63) is 45.5 Å². The van der Waals surface area contributed by atoms with Gasteiger partial charge in [0.05, 0.1) is 23.6 Å². The van der Waals surface area contributed by atoms with Gasteiger partial charge in [0.1, 0.15) is 0 Å². The van der Waals surface area contributed by atoms with Crippen molar-refractivity contribution in [2.45, 2.75) is 40.0 Å². The lowest BCUT2D eigenvalue weighted by atomic mass is 9.98. The highest BCUT2D eigenvalue weighted by molar-refractivity contribution is 6.33. The van der Waals surface area contributed by atoms with E-state index in [-0.39, 0.29) is 30.0 Å². The molecule has 0 saturated heterocycles. The zero-order chi connectivity index (χ0) is 20.1. The van der Waals surface area contributed by atoms with Crippen LogP contribution in [0.4, 0.5) is 11.4 Å². The first-order valence-corrected chi connectivity index (χ1v) is 8.77. The maximum atomic E-state index is 12.9. The number of nitro benzene ring substituents is 1. The summed E-state index contributed by atoms with van der Waals surface area (Å²) >= 11 is 0. The molecule has 144 valence electrons. The van der Waals surface area contributed by atoms with Crippen molar-refractivity contribution in [2.75, 3.05) is 11.5 Å². The predicted octanol–water partition coefficient (Wildman–Crippen LogP) is 3.15. The minimum absolute atomic E-state index is 0.137. The second-order valence-corrected chi connectivity index (χ2v) is 6.59. The number of amides is 2. The molecule has 8 nitrogen and oxygen atoms in total. The minimum atomic E-state index is -0.583. The number of carbonyl (C=O) groups is 3. The van der Waals surface area contributed by atoms with E-state index < -0.39 is 22.7 Å². The Labute approximate surface area is 156 Å². The van der Waals surface area contributed by atoms with E-state index in [4.69, 9.17) is 4.74 Å². The van der Waals surface area contributed by atoms with Crippen LogP contribution in [-0.4, -0.2) is 29.3 Å². The van der Waals surface area contributed by atoms with Gasteiger partial charge in [-0.05, 0) is 37.8 Å². The highest BCUT2D eigenvalue weighted by atomic mass is 16.6. The van der Waals surface area contributed by atoms with Crippen LogP contribution in [0.1, 0.15) is 40.0 Å².